The van der Waals surface area contributed by atoms with E-state index >= 15 is 0 Å². The molecule has 3 rings (SSSR count). The molecule has 0 aromatic heterocycles. The summed E-state index contributed by atoms with van der Waals surface area (Å²) in [5, 5.41) is 5.75. The van der Waals surface area contributed by atoms with Gasteiger partial charge in [-0.2, -0.15) is 0 Å². The Bertz CT molecular complexity index is 1100. The molecule has 0 aliphatic heterocycles. The van der Waals surface area contributed by atoms with Crippen LogP contribution in [0.1, 0.15) is 29.8 Å². The molecule has 178 valence electrons. The van der Waals surface area contributed by atoms with Gasteiger partial charge in [-0.15, -0.1) is 0 Å². The Labute approximate surface area is 200 Å². The van der Waals surface area contributed by atoms with E-state index in [4.69, 9.17) is 9.47 Å². The van der Waals surface area contributed by atoms with E-state index in [1.54, 1.807) is 43.5 Å². The third kappa shape index (κ3) is 6.59. The minimum absolute atomic E-state index is 0.125. The number of hydrogen-bond acceptors (Lipinski definition) is 5. The zero-order valence-corrected chi connectivity index (χ0v) is 20.0. The summed E-state index contributed by atoms with van der Waals surface area (Å²) in [6.45, 7) is 5.07. The molecule has 7 heteroatoms. The number of likely N-dealkylation sites (N-methyl/N-ethyl adjacent to an activating group) is 1. The average Bonchev–Trinajstić information content (AvgIpc) is 2.85. The van der Waals surface area contributed by atoms with E-state index in [1.807, 2.05) is 62.2 Å². The number of para-hydroxylation sites is 2. The van der Waals surface area contributed by atoms with Crippen molar-refractivity contribution in [2.45, 2.75) is 26.4 Å². The summed E-state index contributed by atoms with van der Waals surface area (Å²) in [7, 11) is 3.46. The smallest absolute Gasteiger partial charge is 0.255 e. The molecule has 34 heavy (non-hydrogen) atoms. The molecular weight excluding hydrogens is 430 g/mol. The number of hydrogen-bond donors (Lipinski definition) is 2. The average molecular weight is 462 g/mol. The molecule has 0 saturated carbocycles. The van der Waals surface area contributed by atoms with E-state index in [1.165, 1.54) is 0 Å². The lowest BCUT2D eigenvalue weighted by atomic mass is 10.1. The molecule has 2 amide bonds. The molecule has 0 fully saturated rings. The van der Waals surface area contributed by atoms with Crippen LogP contribution in [0.5, 0.6) is 11.5 Å². The van der Waals surface area contributed by atoms with Crippen molar-refractivity contribution in [3.63, 3.8) is 0 Å². The Hall–Kier alpha value is -3.84. The number of benzene rings is 3. The highest BCUT2D eigenvalue weighted by molar-refractivity contribution is 6.05. The zero-order chi connectivity index (χ0) is 24.5. The summed E-state index contributed by atoms with van der Waals surface area (Å²) in [5.41, 5.74) is 2.79. The maximum absolute atomic E-state index is 12.7. The van der Waals surface area contributed by atoms with Crippen molar-refractivity contribution in [1.82, 2.24) is 4.90 Å². The van der Waals surface area contributed by atoms with Crippen molar-refractivity contribution in [2.75, 3.05) is 31.4 Å². The van der Waals surface area contributed by atoms with E-state index in [0.717, 1.165) is 11.3 Å². The molecule has 7 nitrogen and oxygen atoms in total. The summed E-state index contributed by atoms with van der Waals surface area (Å²) < 4.78 is 10.7. The Morgan fingerprint density at radius 2 is 1.62 bits per heavy atom. The van der Waals surface area contributed by atoms with Crippen LogP contribution in [0.2, 0.25) is 0 Å². The molecule has 1 unspecified atom stereocenters. The number of rotatable bonds is 10. The molecular formula is C27H31N3O4. The SMILES string of the molecule is CCOc1ccc(CN(C)C(C)C(=O)Nc2ccc(C(=O)Nc3ccccc3OC)cc2)cc1. The van der Waals surface area contributed by atoms with Gasteiger partial charge in [0.1, 0.15) is 11.5 Å². The second-order valence-electron chi connectivity index (χ2n) is 7.89. The van der Waals surface area contributed by atoms with Crippen molar-refractivity contribution in [3.8, 4) is 11.5 Å². The fraction of sp³-hybridized carbons (Fsp3) is 0.259. The van der Waals surface area contributed by atoms with Crippen LogP contribution in [0.25, 0.3) is 0 Å². The van der Waals surface area contributed by atoms with E-state index in [2.05, 4.69) is 10.6 Å². The number of nitrogens with zero attached hydrogens (tertiary/aromatic N) is 1. The molecule has 2 N–H and O–H groups in total. The first-order chi connectivity index (χ1) is 16.4. The van der Waals surface area contributed by atoms with Gasteiger partial charge < -0.3 is 20.1 Å². The minimum Gasteiger partial charge on any atom is -0.495 e. The predicted molar refractivity (Wildman–Crippen MR) is 135 cm³/mol. The summed E-state index contributed by atoms with van der Waals surface area (Å²) in [6.07, 6.45) is 0. The van der Waals surface area contributed by atoms with Gasteiger partial charge in [0.15, 0.2) is 0 Å². The van der Waals surface area contributed by atoms with Crippen LogP contribution in [0.15, 0.2) is 72.8 Å². The lowest BCUT2D eigenvalue weighted by Crippen LogP contribution is -2.39. The van der Waals surface area contributed by atoms with Gasteiger partial charge >= 0.3 is 0 Å². The second-order valence-corrected chi connectivity index (χ2v) is 7.89. The van der Waals surface area contributed by atoms with E-state index in [9.17, 15) is 9.59 Å². The van der Waals surface area contributed by atoms with Gasteiger partial charge in [0.2, 0.25) is 5.91 Å². The highest BCUT2D eigenvalue weighted by Crippen LogP contribution is 2.24. The first kappa shape index (κ1) is 24.8. The van der Waals surface area contributed by atoms with Crippen LogP contribution in [0, 0.1) is 0 Å². The summed E-state index contributed by atoms with van der Waals surface area (Å²) in [6, 6.07) is 21.5. The van der Waals surface area contributed by atoms with Crippen molar-refractivity contribution >= 4 is 23.2 Å². The number of methoxy groups -OCH3 is 1. The minimum atomic E-state index is -0.347. The zero-order valence-electron chi connectivity index (χ0n) is 20.0. The lowest BCUT2D eigenvalue weighted by Gasteiger charge is -2.24. The van der Waals surface area contributed by atoms with Gasteiger partial charge in [0.05, 0.1) is 25.4 Å². The van der Waals surface area contributed by atoms with Gasteiger partial charge in [-0.05, 0) is 75.0 Å². The molecule has 0 bridgehead atoms. The third-order valence-electron chi connectivity index (χ3n) is 5.48. The van der Waals surface area contributed by atoms with Gasteiger partial charge in [0.25, 0.3) is 5.91 Å². The summed E-state index contributed by atoms with van der Waals surface area (Å²) in [4.78, 5) is 27.3. The predicted octanol–water partition coefficient (Wildman–Crippen LogP) is 4.81. The maximum atomic E-state index is 12.7. The summed E-state index contributed by atoms with van der Waals surface area (Å²) in [5.74, 6) is 1.04. The maximum Gasteiger partial charge on any atom is 0.255 e. The van der Waals surface area contributed by atoms with Gasteiger partial charge in [-0.1, -0.05) is 24.3 Å². The van der Waals surface area contributed by atoms with Gasteiger partial charge in [-0.25, -0.2) is 0 Å². The molecule has 1 atom stereocenters. The number of amides is 2. The Morgan fingerprint density at radius 3 is 2.26 bits per heavy atom. The number of ether oxygens (including phenoxy) is 2. The monoisotopic (exact) mass is 461 g/mol. The molecule has 0 saturated heterocycles. The van der Waals surface area contributed by atoms with Crippen LogP contribution >= 0.6 is 0 Å². The van der Waals surface area contributed by atoms with Crippen LogP contribution in [0.4, 0.5) is 11.4 Å². The molecule has 0 aliphatic rings. The van der Waals surface area contributed by atoms with Crippen molar-refractivity contribution < 1.29 is 19.1 Å². The van der Waals surface area contributed by atoms with Crippen LogP contribution < -0.4 is 20.1 Å². The van der Waals surface area contributed by atoms with E-state index in [0.29, 0.717) is 35.8 Å². The topological polar surface area (TPSA) is 79.9 Å². The lowest BCUT2D eigenvalue weighted by molar-refractivity contribution is -0.120. The van der Waals surface area contributed by atoms with Crippen molar-refractivity contribution in [1.29, 1.82) is 0 Å². The fourth-order valence-electron chi connectivity index (χ4n) is 3.38. The van der Waals surface area contributed by atoms with Crippen molar-refractivity contribution in [2.24, 2.45) is 0 Å². The molecule has 0 aliphatic carbocycles. The van der Waals surface area contributed by atoms with Crippen molar-refractivity contribution in [3.05, 3.63) is 83.9 Å². The first-order valence-corrected chi connectivity index (χ1v) is 11.2. The number of nitrogens with one attached hydrogen (secondary N) is 2. The molecule has 3 aromatic carbocycles. The van der Waals surface area contributed by atoms with E-state index < -0.39 is 0 Å². The quantitative estimate of drug-likeness (QED) is 0.453. The highest BCUT2D eigenvalue weighted by Gasteiger charge is 2.18. The van der Waals surface area contributed by atoms with Crippen LogP contribution in [-0.4, -0.2) is 43.5 Å². The van der Waals surface area contributed by atoms with Crippen LogP contribution in [0.3, 0.4) is 0 Å². The normalized spacial score (nSPS) is 11.6. The van der Waals surface area contributed by atoms with Gasteiger partial charge in [-0.3, -0.25) is 14.5 Å². The molecule has 3 aromatic rings. The molecule has 0 heterocycles. The first-order valence-electron chi connectivity index (χ1n) is 11.2. The Balaban J connectivity index is 1.55. The Kier molecular flexibility index (Phi) is 8.65. The number of carbonyl (C=O) groups is 2. The molecule has 0 radical (unpaired) electrons. The number of anilines is 2. The van der Waals surface area contributed by atoms with Gasteiger partial charge in [0, 0.05) is 17.8 Å². The van der Waals surface area contributed by atoms with E-state index in [-0.39, 0.29) is 17.9 Å². The standard InChI is InChI=1S/C27H31N3O4/c1-5-34-23-16-10-20(11-17-23)18-30(3)19(2)26(31)28-22-14-12-21(13-15-22)27(32)29-24-8-6-7-9-25(24)33-4/h6-17,19H,5,18H2,1-4H3,(H,28,31)(H,29,32). The number of carbonyl (C=O) groups excluding carboxylic acids is 2. The third-order valence-corrected chi connectivity index (χ3v) is 5.48. The molecule has 0 spiro atoms. The fourth-order valence-corrected chi connectivity index (χ4v) is 3.38. The second kappa shape index (κ2) is 11.9. The highest BCUT2D eigenvalue weighted by atomic mass is 16.5. The Morgan fingerprint density at radius 1 is 0.941 bits per heavy atom. The van der Waals surface area contributed by atoms with Crippen LogP contribution in [-0.2, 0) is 11.3 Å². The largest absolute Gasteiger partial charge is 0.495 e. The summed E-state index contributed by atoms with van der Waals surface area (Å²) >= 11 is 0.